The van der Waals surface area contributed by atoms with E-state index in [1.165, 1.54) is 44.5 Å². The molecule has 0 N–H and O–H groups in total. The van der Waals surface area contributed by atoms with E-state index in [1.54, 1.807) is 0 Å². The number of hydrogen-bond acceptors (Lipinski definition) is 2. The Morgan fingerprint density at radius 1 is 1.25 bits per heavy atom. The fraction of sp³-hybridized carbons (Fsp3) is 1.00. The van der Waals surface area contributed by atoms with Crippen LogP contribution in [0.5, 0.6) is 0 Å². The summed E-state index contributed by atoms with van der Waals surface area (Å²) >= 11 is 2.04. The van der Waals surface area contributed by atoms with Gasteiger partial charge in [0.15, 0.2) is 0 Å². The Morgan fingerprint density at radius 3 is 2.42 bits per heavy atom. The highest BCUT2D eigenvalue weighted by molar-refractivity contribution is 7.97. The molecule has 0 unspecified atom stereocenters. The van der Waals surface area contributed by atoms with Crippen molar-refractivity contribution in [3.05, 3.63) is 0 Å². The van der Waals surface area contributed by atoms with Crippen LogP contribution < -0.4 is 0 Å². The topological polar surface area (TPSA) is 3.24 Å². The van der Waals surface area contributed by atoms with Crippen LogP contribution >= 0.6 is 11.9 Å². The Labute approximate surface area is 81.0 Å². The van der Waals surface area contributed by atoms with Crippen molar-refractivity contribution in [3.63, 3.8) is 0 Å². The number of nitrogens with zero attached hydrogens (tertiary/aromatic N) is 1. The fourth-order valence-electron chi connectivity index (χ4n) is 1.67. The van der Waals surface area contributed by atoms with Crippen LogP contribution in [0.3, 0.4) is 0 Å². The number of piperidine rings is 1. The van der Waals surface area contributed by atoms with Crippen LogP contribution in [-0.2, 0) is 0 Å². The maximum atomic E-state index is 2.55. The lowest BCUT2D eigenvalue weighted by Gasteiger charge is -2.30. The summed E-state index contributed by atoms with van der Waals surface area (Å²) in [6.07, 6.45) is 5.53. The first-order valence-corrected chi connectivity index (χ1v) is 6.19. The summed E-state index contributed by atoms with van der Waals surface area (Å²) in [4.78, 5) is 0. The molecule has 0 amide bonds. The zero-order valence-corrected chi connectivity index (χ0v) is 9.20. The molecule has 0 atom stereocenters. The molecule has 1 rings (SSSR count). The Morgan fingerprint density at radius 2 is 1.92 bits per heavy atom. The van der Waals surface area contributed by atoms with Gasteiger partial charge in [-0.2, -0.15) is 0 Å². The zero-order chi connectivity index (χ0) is 8.81. The lowest BCUT2D eigenvalue weighted by Crippen LogP contribution is -2.28. The average molecular weight is 187 g/mol. The molecule has 0 saturated carbocycles. The quantitative estimate of drug-likeness (QED) is 0.622. The fourth-order valence-corrected chi connectivity index (χ4v) is 2.58. The van der Waals surface area contributed by atoms with Crippen molar-refractivity contribution in [1.82, 2.24) is 4.31 Å². The van der Waals surface area contributed by atoms with Crippen LogP contribution in [0, 0.1) is 5.92 Å². The molecule has 0 radical (unpaired) electrons. The predicted octanol–water partition coefficient (Wildman–Crippen LogP) is 3.17. The van der Waals surface area contributed by atoms with Crippen LogP contribution in [0.25, 0.3) is 0 Å². The molecule has 1 fully saturated rings. The highest BCUT2D eigenvalue weighted by atomic mass is 32.2. The van der Waals surface area contributed by atoms with Crippen LogP contribution in [0.1, 0.15) is 39.5 Å². The van der Waals surface area contributed by atoms with Crippen LogP contribution in [0.2, 0.25) is 0 Å². The Bertz CT molecular complexity index is 108. The summed E-state index contributed by atoms with van der Waals surface area (Å²) < 4.78 is 2.55. The van der Waals surface area contributed by atoms with Crippen molar-refractivity contribution in [3.8, 4) is 0 Å². The Hall–Kier alpha value is 0.310. The first-order valence-electron chi connectivity index (χ1n) is 5.24. The molecule has 1 nitrogen and oxygen atoms in total. The first-order chi connectivity index (χ1) is 5.86. The molecular weight excluding hydrogens is 166 g/mol. The van der Waals surface area contributed by atoms with Gasteiger partial charge in [0, 0.05) is 18.8 Å². The van der Waals surface area contributed by atoms with Crippen molar-refractivity contribution < 1.29 is 0 Å². The Kier molecular flexibility index (Phi) is 5.08. The van der Waals surface area contributed by atoms with Crippen molar-refractivity contribution in [2.75, 3.05) is 18.8 Å². The van der Waals surface area contributed by atoms with Crippen molar-refractivity contribution in [2.24, 2.45) is 5.92 Å². The molecule has 2 heteroatoms. The smallest absolute Gasteiger partial charge is 0.00919 e. The van der Waals surface area contributed by atoms with E-state index in [1.807, 2.05) is 11.9 Å². The average Bonchev–Trinajstić information content (AvgIpc) is 2.15. The summed E-state index contributed by atoms with van der Waals surface area (Å²) in [7, 11) is 0. The molecule has 0 aliphatic carbocycles. The molecule has 12 heavy (non-hydrogen) atoms. The minimum Gasteiger partial charge on any atom is -0.251 e. The Balaban J connectivity index is 2.09. The van der Waals surface area contributed by atoms with E-state index >= 15 is 0 Å². The van der Waals surface area contributed by atoms with E-state index in [4.69, 9.17) is 0 Å². The van der Waals surface area contributed by atoms with Gasteiger partial charge in [-0.1, -0.05) is 32.2 Å². The molecule has 72 valence electrons. The SMILES string of the molecule is CCCSN1CCC(CC)CC1. The summed E-state index contributed by atoms with van der Waals surface area (Å²) in [5.41, 5.74) is 0. The number of hydrogen-bond donors (Lipinski definition) is 0. The van der Waals surface area contributed by atoms with E-state index in [2.05, 4.69) is 18.2 Å². The zero-order valence-electron chi connectivity index (χ0n) is 8.38. The molecule has 1 heterocycles. The third-order valence-corrected chi connectivity index (χ3v) is 3.95. The molecule has 0 aromatic carbocycles. The molecular formula is C10H21NS. The largest absolute Gasteiger partial charge is 0.251 e. The minimum atomic E-state index is 1.02. The van der Waals surface area contributed by atoms with Gasteiger partial charge in [-0.15, -0.1) is 0 Å². The van der Waals surface area contributed by atoms with E-state index in [-0.39, 0.29) is 0 Å². The standard InChI is InChI=1S/C10H21NS/c1-3-9-12-11-7-5-10(4-2)6-8-11/h10H,3-9H2,1-2H3. The minimum absolute atomic E-state index is 1.02. The normalized spacial score (nSPS) is 21.5. The summed E-state index contributed by atoms with van der Waals surface area (Å²) in [5, 5.41) is 0. The van der Waals surface area contributed by atoms with Gasteiger partial charge in [-0.3, -0.25) is 4.31 Å². The molecule has 0 aromatic heterocycles. The predicted molar refractivity (Wildman–Crippen MR) is 57.3 cm³/mol. The first kappa shape index (κ1) is 10.4. The van der Waals surface area contributed by atoms with Gasteiger partial charge in [0.25, 0.3) is 0 Å². The molecule has 1 aliphatic heterocycles. The van der Waals surface area contributed by atoms with Gasteiger partial charge >= 0.3 is 0 Å². The molecule has 0 aromatic rings. The monoisotopic (exact) mass is 187 g/mol. The molecule has 0 spiro atoms. The highest BCUT2D eigenvalue weighted by Crippen LogP contribution is 2.24. The van der Waals surface area contributed by atoms with Gasteiger partial charge in [-0.25, -0.2) is 0 Å². The van der Waals surface area contributed by atoms with E-state index < -0.39 is 0 Å². The van der Waals surface area contributed by atoms with Crippen molar-refractivity contribution in [1.29, 1.82) is 0 Å². The van der Waals surface area contributed by atoms with Crippen molar-refractivity contribution >= 4 is 11.9 Å². The van der Waals surface area contributed by atoms with Gasteiger partial charge in [0.05, 0.1) is 0 Å². The second kappa shape index (κ2) is 5.87. The molecule has 0 bridgehead atoms. The van der Waals surface area contributed by atoms with Gasteiger partial charge < -0.3 is 0 Å². The molecule has 1 saturated heterocycles. The van der Waals surface area contributed by atoms with Gasteiger partial charge in [0.1, 0.15) is 0 Å². The molecule has 1 aliphatic rings. The van der Waals surface area contributed by atoms with Crippen LogP contribution in [0.15, 0.2) is 0 Å². The van der Waals surface area contributed by atoms with E-state index in [9.17, 15) is 0 Å². The van der Waals surface area contributed by atoms with E-state index in [0.29, 0.717) is 0 Å². The third-order valence-electron chi connectivity index (χ3n) is 2.63. The van der Waals surface area contributed by atoms with Gasteiger partial charge in [-0.05, 0) is 25.2 Å². The van der Waals surface area contributed by atoms with Crippen LogP contribution in [0.4, 0.5) is 0 Å². The highest BCUT2D eigenvalue weighted by Gasteiger charge is 2.17. The number of rotatable bonds is 4. The van der Waals surface area contributed by atoms with Gasteiger partial charge in [0.2, 0.25) is 0 Å². The van der Waals surface area contributed by atoms with Crippen molar-refractivity contribution in [2.45, 2.75) is 39.5 Å². The lowest BCUT2D eigenvalue weighted by molar-refractivity contribution is 0.286. The maximum absolute atomic E-state index is 2.55. The van der Waals surface area contributed by atoms with E-state index in [0.717, 1.165) is 5.92 Å². The second-order valence-electron chi connectivity index (χ2n) is 3.61. The summed E-state index contributed by atoms with van der Waals surface area (Å²) in [5.74, 6) is 2.32. The summed E-state index contributed by atoms with van der Waals surface area (Å²) in [6.45, 7) is 7.22. The summed E-state index contributed by atoms with van der Waals surface area (Å²) in [6, 6.07) is 0. The second-order valence-corrected chi connectivity index (χ2v) is 4.80. The lowest BCUT2D eigenvalue weighted by atomic mass is 9.96. The third kappa shape index (κ3) is 3.36. The maximum Gasteiger partial charge on any atom is 0.00919 e. The van der Waals surface area contributed by atoms with Crippen LogP contribution in [-0.4, -0.2) is 23.1 Å².